The molecule has 100 valence electrons. The fourth-order valence-electron chi connectivity index (χ4n) is 2.52. The monoisotopic (exact) mass is 276 g/mol. The van der Waals surface area contributed by atoms with Crippen molar-refractivity contribution in [1.29, 1.82) is 0 Å². The van der Waals surface area contributed by atoms with Crippen LogP contribution in [0, 0.1) is 0 Å². The second kappa shape index (κ2) is 5.05. The normalized spacial score (nSPS) is 18.0. The molecular weight excluding hydrogens is 260 g/mol. The molecule has 6 heteroatoms. The van der Waals surface area contributed by atoms with Crippen LogP contribution in [0.15, 0.2) is 23.8 Å². The van der Waals surface area contributed by atoms with Crippen molar-refractivity contribution in [2.45, 2.75) is 31.8 Å². The van der Waals surface area contributed by atoms with Crippen LogP contribution in [0.1, 0.15) is 29.3 Å². The van der Waals surface area contributed by atoms with Crippen LogP contribution in [0.3, 0.4) is 0 Å². The van der Waals surface area contributed by atoms with E-state index in [4.69, 9.17) is 5.73 Å². The molecule has 1 unspecified atom stereocenters. The van der Waals surface area contributed by atoms with Crippen molar-refractivity contribution in [2.24, 2.45) is 5.73 Å². The average molecular weight is 276 g/mol. The number of amides is 1. The second-order valence-electron chi connectivity index (χ2n) is 4.78. The summed E-state index contributed by atoms with van der Waals surface area (Å²) in [5, 5.41) is 9.76. The molecule has 0 saturated heterocycles. The Hall–Kier alpha value is -1.82. The predicted octanol–water partition coefficient (Wildman–Crippen LogP) is 1.92. The van der Waals surface area contributed by atoms with E-state index in [1.54, 1.807) is 10.9 Å². The molecule has 3 rings (SSSR count). The van der Waals surface area contributed by atoms with E-state index in [-0.39, 0.29) is 12.5 Å². The topological polar surface area (TPSA) is 72.9 Å². The number of aromatic nitrogens is 2. The number of rotatable bonds is 4. The molecule has 19 heavy (non-hydrogen) atoms. The van der Waals surface area contributed by atoms with Gasteiger partial charge in [0.15, 0.2) is 0 Å². The zero-order chi connectivity index (χ0) is 13.2. The molecular formula is C13H16N4OS. The molecule has 0 bridgehead atoms. The number of carbonyl (C=O) groups excluding carboxylic acids is 1. The Morgan fingerprint density at radius 2 is 2.53 bits per heavy atom. The molecule has 0 aliphatic heterocycles. The summed E-state index contributed by atoms with van der Waals surface area (Å²) in [6, 6.07) is 2.55. The summed E-state index contributed by atoms with van der Waals surface area (Å²) >= 11 is 1.83. The van der Waals surface area contributed by atoms with Crippen LogP contribution in [0.2, 0.25) is 0 Å². The summed E-state index contributed by atoms with van der Waals surface area (Å²) in [5.41, 5.74) is 7.49. The first-order valence-electron chi connectivity index (χ1n) is 6.36. The first-order valence-corrected chi connectivity index (χ1v) is 7.24. The van der Waals surface area contributed by atoms with Crippen molar-refractivity contribution in [3.05, 3.63) is 34.3 Å². The number of nitrogens with two attached hydrogens (primary N) is 1. The number of aryl methyl sites for hydroxylation is 1. The van der Waals surface area contributed by atoms with Gasteiger partial charge < -0.3 is 11.1 Å². The minimum absolute atomic E-state index is 0.121. The Morgan fingerprint density at radius 1 is 1.63 bits per heavy atom. The number of hydrogen-bond donors (Lipinski definition) is 2. The van der Waals surface area contributed by atoms with Gasteiger partial charge in [-0.15, -0.1) is 11.3 Å². The summed E-state index contributed by atoms with van der Waals surface area (Å²) in [5.74, 6) is -0.382. The quantitative estimate of drug-likeness (QED) is 0.896. The predicted molar refractivity (Wildman–Crippen MR) is 75.0 cm³/mol. The second-order valence-corrected chi connectivity index (χ2v) is 5.78. The van der Waals surface area contributed by atoms with Crippen molar-refractivity contribution >= 4 is 22.9 Å². The SMILES string of the molecule is NC(=O)Cn1cc(NC2CCCc3sccc32)cn1. The van der Waals surface area contributed by atoms with Crippen LogP contribution < -0.4 is 11.1 Å². The molecule has 1 aliphatic carbocycles. The molecule has 2 aromatic rings. The maximum absolute atomic E-state index is 10.8. The Bertz CT molecular complexity index is 589. The molecule has 1 amide bonds. The van der Waals surface area contributed by atoms with Crippen molar-refractivity contribution in [3.63, 3.8) is 0 Å². The van der Waals surface area contributed by atoms with Gasteiger partial charge in [-0.05, 0) is 36.3 Å². The van der Waals surface area contributed by atoms with Crippen molar-refractivity contribution in [3.8, 4) is 0 Å². The highest BCUT2D eigenvalue weighted by atomic mass is 32.1. The average Bonchev–Trinajstić information content (AvgIpc) is 2.98. The molecule has 1 atom stereocenters. The van der Waals surface area contributed by atoms with E-state index in [1.165, 1.54) is 23.3 Å². The summed E-state index contributed by atoms with van der Waals surface area (Å²) in [7, 11) is 0. The van der Waals surface area contributed by atoms with Gasteiger partial charge in [-0.2, -0.15) is 5.10 Å². The molecule has 0 fully saturated rings. The van der Waals surface area contributed by atoms with E-state index < -0.39 is 0 Å². The molecule has 0 radical (unpaired) electrons. The summed E-state index contributed by atoms with van der Waals surface area (Å²) in [4.78, 5) is 12.3. The lowest BCUT2D eigenvalue weighted by molar-refractivity contribution is -0.118. The summed E-state index contributed by atoms with van der Waals surface area (Å²) in [6.45, 7) is 0.121. The van der Waals surface area contributed by atoms with E-state index in [9.17, 15) is 4.79 Å². The van der Waals surface area contributed by atoms with E-state index in [1.807, 2.05) is 17.5 Å². The van der Waals surface area contributed by atoms with Gasteiger partial charge in [0, 0.05) is 11.1 Å². The first-order chi connectivity index (χ1) is 9.22. The van der Waals surface area contributed by atoms with Crippen LogP contribution in [0.25, 0.3) is 0 Å². The summed E-state index contributed by atoms with van der Waals surface area (Å²) in [6.07, 6.45) is 7.09. The van der Waals surface area contributed by atoms with E-state index in [0.717, 1.165) is 12.1 Å². The number of anilines is 1. The van der Waals surface area contributed by atoms with Crippen LogP contribution in [0.5, 0.6) is 0 Å². The first kappa shape index (κ1) is 12.2. The smallest absolute Gasteiger partial charge is 0.239 e. The van der Waals surface area contributed by atoms with Gasteiger partial charge in [-0.25, -0.2) is 0 Å². The number of carbonyl (C=O) groups is 1. The number of hydrogen-bond acceptors (Lipinski definition) is 4. The van der Waals surface area contributed by atoms with Gasteiger partial charge in [0.05, 0.1) is 17.9 Å². The lowest BCUT2D eigenvalue weighted by Gasteiger charge is -2.23. The highest BCUT2D eigenvalue weighted by molar-refractivity contribution is 7.10. The Balaban J connectivity index is 1.72. The van der Waals surface area contributed by atoms with E-state index in [0.29, 0.717) is 6.04 Å². The van der Waals surface area contributed by atoms with Crippen molar-refractivity contribution in [1.82, 2.24) is 9.78 Å². The highest BCUT2D eigenvalue weighted by Gasteiger charge is 2.21. The van der Waals surface area contributed by atoms with Gasteiger partial charge in [0.25, 0.3) is 0 Å². The van der Waals surface area contributed by atoms with E-state index >= 15 is 0 Å². The molecule has 1 aliphatic rings. The molecule has 2 aromatic heterocycles. The Labute approximate surface area is 115 Å². The third-order valence-electron chi connectivity index (χ3n) is 3.34. The van der Waals surface area contributed by atoms with Crippen LogP contribution >= 0.6 is 11.3 Å². The molecule has 5 nitrogen and oxygen atoms in total. The fraction of sp³-hybridized carbons (Fsp3) is 0.385. The Morgan fingerprint density at radius 3 is 3.37 bits per heavy atom. The number of fused-ring (bicyclic) bond motifs is 1. The van der Waals surface area contributed by atoms with Crippen LogP contribution in [-0.4, -0.2) is 15.7 Å². The van der Waals surface area contributed by atoms with E-state index in [2.05, 4.69) is 21.9 Å². The van der Waals surface area contributed by atoms with Crippen molar-refractivity contribution in [2.75, 3.05) is 5.32 Å². The third kappa shape index (κ3) is 2.63. The molecule has 0 saturated carbocycles. The zero-order valence-corrected chi connectivity index (χ0v) is 11.3. The minimum atomic E-state index is -0.382. The molecule has 0 aromatic carbocycles. The number of primary amides is 1. The lowest BCUT2D eigenvalue weighted by Crippen LogP contribution is -2.19. The largest absolute Gasteiger partial charge is 0.376 e. The van der Waals surface area contributed by atoms with Gasteiger partial charge in [0.2, 0.25) is 5.91 Å². The van der Waals surface area contributed by atoms with Gasteiger partial charge in [-0.3, -0.25) is 9.48 Å². The molecule has 2 heterocycles. The van der Waals surface area contributed by atoms with Crippen LogP contribution in [0.4, 0.5) is 5.69 Å². The van der Waals surface area contributed by atoms with Crippen molar-refractivity contribution < 1.29 is 4.79 Å². The van der Waals surface area contributed by atoms with Gasteiger partial charge >= 0.3 is 0 Å². The molecule has 0 spiro atoms. The number of nitrogens with one attached hydrogen (secondary N) is 1. The van der Waals surface area contributed by atoms with Gasteiger partial charge in [0.1, 0.15) is 6.54 Å². The Kier molecular flexibility index (Phi) is 3.25. The highest BCUT2D eigenvalue weighted by Crippen LogP contribution is 2.35. The molecule has 3 N–H and O–H groups in total. The lowest BCUT2D eigenvalue weighted by atomic mass is 9.94. The number of thiophene rings is 1. The maximum atomic E-state index is 10.8. The zero-order valence-electron chi connectivity index (χ0n) is 10.5. The number of nitrogens with zero attached hydrogens (tertiary/aromatic N) is 2. The third-order valence-corrected chi connectivity index (χ3v) is 4.34. The minimum Gasteiger partial charge on any atom is -0.376 e. The summed E-state index contributed by atoms with van der Waals surface area (Å²) < 4.78 is 1.56. The van der Waals surface area contributed by atoms with Gasteiger partial charge in [-0.1, -0.05) is 0 Å². The standard InChI is InChI=1S/C13H16N4OS/c14-13(18)8-17-7-9(6-15-17)16-11-2-1-3-12-10(11)4-5-19-12/h4-7,11,16H,1-3,8H2,(H2,14,18). The van der Waals surface area contributed by atoms with Crippen LogP contribution in [-0.2, 0) is 17.8 Å². The fourth-order valence-corrected chi connectivity index (χ4v) is 3.51. The maximum Gasteiger partial charge on any atom is 0.239 e.